The minimum Gasteiger partial charge on any atom is -0.493 e. The molecule has 19 heavy (non-hydrogen) atoms. The second kappa shape index (κ2) is 8.24. The lowest BCUT2D eigenvalue weighted by Gasteiger charge is -2.13. The van der Waals surface area contributed by atoms with Crippen molar-refractivity contribution in [1.82, 2.24) is 5.32 Å². The van der Waals surface area contributed by atoms with Gasteiger partial charge in [-0.15, -0.1) is 12.4 Å². The molecule has 0 spiro atoms. The first-order chi connectivity index (χ1) is 8.49. The molecule has 0 saturated carbocycles. The van der Waals surface area contributed by atoms with Gasteiger partial charge >= 0.3 is 0 Å². The minimum absolute atomic E-state index is 0. The molecule has 7 heteroatoms. The van der Waals surface area contributed by atoms with E-state index in [0.29, 0.717) is 18.0 Å². The Bertz CT molecular complexity index is 441. The van der Waals surface area contributed by atoms with Crippen LogP contribution in [0.25, 0.3) is 0 Å². The Hall–Kier alpha value is -0.980. The number of rotatable bonds is 5. The molecule has 1 atom stereocenters. The maximum atomic E-state index is 11.4. The number of nitrogens with one attached hydrogen (secondary N) is 1. The van der Waals surface area contributed by atoms with E-state index in [9.17, 15) is 4.79 Å². The van der Waals surface area contributed by atoms with Crippen LogP contribution in [0.15, 0.2) is 16.6 Å². The largest absolute Gasteiger partial charge is 0.493 e. The van der Waals surface area contributed by atoms with Gasteiger partial charge in [-0.3, -0.25) is 4.79 Å². The molecular formula is C12H18BrClN2O3. The Morgan fingerprint density at radius 2 is 1.89 bits per heavy atom. The Balaban J connectivity index is 0.00000324. The van der Waals surface area contributed by atoms with Crippen LogP contribution in [0.5, 0.6) is 11.5 Å². The minimum atomic E-state index is -0.524. The maximum Gasteiger partial charge on any atom is 0.236 e. The molecule has 1 amide bonds. The van der Waals surface area contributed by atoms with E-state index in [4.69, 9.17) is 15.2 Å². The summed E-state index contributed by atoms with van der Waals surface area (Å²) < 4.78 is 11.2. The Morgan fingerprint density at radius 1 is 1.37 bits per heavy atom. The Labute approximate surface area is 127 Å². The second-order valence-electron chi connectivity index (χ2n) is 3.81. The van der Waals surface area contributed by atoms with Gasteiger partial charge in [-0.1, -0.05) is 15.9 Å². The summed E-state index contributed by atoms with van der Waals surface area (Å²) in [6.45, 7) is 2.01. The summed E-state index contributed by atoms with van der Waals surface area (Å²) in [6.07, 6.45) is 0. The molecule has 5 nitrogen and oxygen atoms in total. The number of carbonyl (C=O) groups excluding carboxylic acids is 1. The van der Waals surface area contributed by atoms with Crippen LogP contribution in [0.4, 0.5) is 0 Å². The highest BCUT2D eigenvalue weighted by molar-refractivity contribution is 9.10. The quantitative estimate of drug-likeness (QED) is 0.847. The van der Waals surface area contributed by atoms with Crippen molar-refractivity contribution in [3.05, 3.63) is 22.2 Å². The van der Waals surface area contributed by atoms with Gasteiger partial charge in [0.25, 0.3) is 0 Å². The van der Waals surface area contributed by atoms with E-state index >= 15 is 0 Å². The van der Waals surface area contributed by atoms with Gasteiger partial charge in [0.05, 0.1) is 20.3 Å². The fourth-order valence-electron chi connectivity index (χ4n) is 1.38. The van der Waals surface area contributed by atoms with E-state index in [1.807, 2.05) is 6.07 Å². The van der Waals surface area contributed by atoms with Crippen LogP contribution in [-0.2, 0) is 11.3 Å². The van der Waals surface area contributed by atoms with Crippen LogP contribution in [0.1, 0.15) is 12.5 Å². The SMILES string of the molecule is COc1cc(Br)c(CNC(=O)[C@H](C)N)cc1OC.Cl. The molecule has 0 aliphatic carbocycles. The molecule has 0 heterocycles. The zero-order valence-corrected chi connectivity index (χ0v) is 13.4. The topological polar surface area (TPSA) is 73.6 Å². The van der Waals surface area contributed by atoms with Crippen molar-refractivity contribution in [3.63, 3.8) is 0 Å². The highest BCUT2D eigenvalue weighted by atomic mass is 79.9. The lowest BCUT2D eigenvalue weighted by atomic mass is 10.2. The van der Waals surface area contributed by atoms with Crippen LogP contribution in [0.2, 0.25) is 0 Å². The number of nitrogens with two attached hydrogens (primary N) is 1. The fourth-order valence-corrected chi connectivity index (χ4v) is 1.84. The average molecular weight is 354 g/mol. The molecule has 3 N–H and O–H groups in total. The second-order valence-corrected chi connectivity index (χ2v) is 4.66. The van der Waals surface area contributed by atoms with Crippen molar-refractivity contribution in [3.8, 4) is 11.5 Å². The molecule has 0 aliphatic heterocycles. The van der Waals surface area contributed by atoms with Gasteiger partial charge in [0.1, 0.15) is 0 Å². The third-order valence-corrected chi connectivity index (χ3v) is 3.16. The predicted molar refractivity (Wildman–Crippen MR) is 80.0 cm³/mol. The number of carbonyl (C=O) groups is 1. The van der Waals surface area contributed by atoms with Gasteiger partial charge in [0.2, 0.25) is 5.91 Å². The molecule has 0 aliphatic rings. The van der Waals surface area contributed by atoms with Gasteiger partial charge in [0, 0.05) is 11.0 Å². The molecule has 1 rings (SSSR count). The fraction of sp³-hybridized carbons (Fsp3) is 0.417. The van der Waals surface area contributed by atoms with Crippen molar-refractivity contribution in [2.75, 3.05) is 14.2 Å². The van der Waals surface area contributed by atoms with Crippen molar-refractivity contribution < 1.29 is 14.3 Å². The number of ether oxygens (including phenoxy) is 2. The van der Waals surface area contributed by atoms with Crippen LogP contribution in [0, 0.1) is 0 Å². The van der Waals surface area contributed by atoms with Crippen molar-refractivity contribution in [2.24, 2.45) is 5.73 Å². The van der Waals surface area contributed by atoms with Crippen LogP contribution in [0.3, 0.4) is 0 Å². The van der Waals surface area contributed by atoms with E-state index < -0.39 is 6.04 Å². The monoisotopic (exact) mass is 352 g/mol. The van der Waals surface area contributed by atoms with Gasteiger partial charge < -0.3 is 20.5 Å². The number of hydrogen-bond acceptors (Lipinski definition) is 4. The van der Waals surface area contributed by atoms with Crippen molar-refractivity contribution >= 4 is 34.2 Å². The summed E-state index contributed by atoms with van der Waals surface area (Å²) in [7, 11) is 3.14. The van der Waals surface area contributed by atoms with Gasteiger partial charge in [-0.05, 0) is 24.6 Å². The van der Waals surface area contributed by atoms with Gasteiger partial charge in [0.15, 0.2) is 11.5 Å². The molecule has 0 aromatic heterocycles. The molecule has 0 bridgehead atoms. The number of methoxy groups -OCH3 is 2. The molecule has 0 radical (unpaired) electrons. The third kappa shape index (κ3) is 4.89. The van der Waals surface area contributed by atoms with Crippen molar-refractivity contribution in [2.45, 2.75) is 19.5 Å². The van der Waals surface area contributed by atoms with E-state index in [1.54, 1.807) is 27.2 Å². The molecule has 1 aromatic carbocycles. The first-order valence-corrected chi connectivity index (χ1v) is 6.22. The van der Waals surface area contributed by atoms with Gasteiger partial charge in [-0.2, -0.15) is 0 Å². The molecular weight excluding hydrogens is 336 g/mol. The normalized spacial score (nSPS) is 11.2. The molecule has 108 valence electrons. The lowest BCUT2D eigenvalue weighted by Crippen LogP contribution is -2.37. The molecule has 0 unspecified atom stereocenters. The van der Waals surface area contributed by atoms with E-state index in [1.165, 1.54) is 0 Å². The highest BCUT2D eigenvalue weighted by Crippen LogP contribution is 2.33. The van der Waals surface area contributed by atoms with Crippen LogP contribution < -0.4 is 20.5 Å². The van der Waals surface area contributed by atoms with Crippen LogP contribution in [-0.4, -0.2) is 26.2 Å². The predicted octanol–water partition coefficient (Wildman–Crippen LogP) is 1.85. The number of amides is 1. The molecule has 0 saturated heterocycles. The third-order valence-electron chi connectivity index (χ3n) is 2.42. The van der Waals surface area contributed by atoms with E-state index in [-0.39, 0.29) is 18.3 Å². The van der Waals surface area contributed by atoms with Gasteiger partial charge in [-0.25, -0.2) is 0 Å². The number of benzene rings is 1. The lowest BCUT2D eigenvalue weighted by molar-refractivity contribution is -0.122. The van der Waals surface area contributed by atoms with E-state index in [2.05, 4.69) is 21.2 Å². The summed E-state index contributed by atoms with van der Waals surface area (Å²) in [5, 5.41) is 2.74. The van der Waals surface area contributed by atoms with E-state index in [0.717, 1.165) is 10.0 Å². The first kappa shape index (κ1) is 18.0. The Kier molecular flexibility index (Phi) is 7.82. The maximum absolute atomic E-state index is 11.4. The summed E-state index contributed by atoms with van der Waals surface area (Å²) in [5.74, 6) is 1.05. The summed E-state index contributed by atoms with van der Waals surface area (Å²) in [4.78, 5) is 11.4. The Morgan fingerprint density at radius 3 is 2.37 bits per heavy atom. The summed E-state index contributed by atoms with van der Waals surface area (Å²) >= 11 is 3.42. The molecule has 1 aromatic rings. The number of halogens is 2. The molecule has 0 fully saturated rings. The zero-order chi connectivity index (χ0) is 13.7. The standard InChI is InChI=1S/C12H17BrN2O3.ClH/c1-7(14)12(16)15-6-8-4-10(17-2)11(18-3)5-9(8)13;/h4-5,7H,6,14H2,1-3H3,(H,15,16);1H/t7-;/m0./s1. The smallest absolute Gasteiger partial charge is 0.236 e. The number of hydrogen-bond donors (Lipinski definition) is 2. The zero-order valence-electron chi connectivity index (χ0n) is 11.0. The van der Waals surface area contributed by atoms with Crippen LogP contribution >= 0.6 is 28.3 Å². The highest BCUT2D eigenvalue weighted by Gasteiger charge is 2.11. The van der Waals surface area contributed by atoms with Crippen molar-refractivity contribution in [1.29, 1.82) is 0 Å². The average Bonchev–Trinajstić information content (AvgIpc) is 2.36. The first-order valence-electron chi connectivity index (χ1n) is 5.43. The summed E-state index contributed by atoms with van der Waals surface area (Å²) in [5.41, 5.74) is 6.36. The summed E-state index contributed by atoms with van der Waals surface area (Å²) in [6, 6.07) is 3.08.